The van der Waals surface area contributed by atoms with Crippen molar-refractivity contribution in [3.63, 3.8) is 0 Å². The summed E-state index contributed by atoms with van der Waals surface area (Å²) in [6, 6.07) is 0. The third-order valence-electron chi connectivity index (χ3n) is 6.38. The SMILES string of the molecule is CC(C)CCC1C(C)C12C1C(C)C(C)C12. The molecule has 0 aromatic carbocycles. The molecule has 0 radical (unpaired) electrons. The van der Waals surface area contributed by atoms with Gasteiger partial charge in [-0.2, -0.15) is 0 Å². The van der Waals surface area contributed by atoms with Crippen LogP contribution in [0.1, 0.15) is 47.5 Å². The zero-order chi connectivity index (χ0) is 11.0. The van der Waals surface area contributed by atoms with E-state index in [1.54, 1.807) is 0 Å². The highest BCUT2D eigenvalue weighted by Crippen LogP contribution is 2.91. The fourth-order valence-corrected chi connectivity index (χ4v) is 5.38. The fraction of sp³-hybridized carbons (Fsp3) is 1.00. The predicted molar refractivity (Wildman–Crippen MR) is 64.5 cm³/mol. The van der Waals surface area contributed by atoms with E-state index in [1.807, 2.05) is 0 Å². The summed E-state index contributed by atoms with van der Waals surface area (Å²) in [5.74, 6) is 7.48. The molecule has 0 bridgehead atoms. The Morgan fingerprint density at radius 2 is 1.53 bits per heavy atom. The Labute approximate surface area is 94.8 Å². The molecule has 3 aliphatic carbocycles. The van der Waals surface area contributed by atoms with E-state index >= 15 is 0 Å². The quantitative estimate of drug-likeness (QED) is 0.649. The van der Waals surface area contributed by atoms with E-state index in [-0.39, 0.29) is 0 Å². The average molecular weight is 206 g/mol. The van der Waals surface area contributed by atoms with Gasteiger partial charge in [0.25, 0.3) is 0 Å². The van der Waals surface area contributed by atoms with Crippen LogP contribution in [0.5, 0.6) is 0 Å². The molecule has 6 atom stereocenters. The molecule has 6 unspecified atom stereocenters. The van der Waals surface area contributed by atoms with Crippen LogP contribution in [0.15, 0.2) is 0 Å². The Morgan fingerprint density at radius 1 is 1.00 bits per heavy atom. The minimum Gasteiger partial charge on any atom is -0.0628 e. The van der Waals surface area contributed by atoms with E-state index in [9.17, 15) is 0 Å². The van der Waals surface area contributed by atoms with Crippen LogP contribution in [0.3, 0.4) is 0 Å². The van der Waals surface area contributed by atoms with E-state index in [1.165, 1.54) is 12.8 Å². The highest BCUT2D eigenvalue weighted by atomic mass is 14.9. The van der Waals surface area contributed by atoms with Gasteiger partial charge in [-0.25, -0.2) is 0 Å². The first kappa shape index (κ1) is 10.2. The van der Waals surface area contributed by atoms with Crippen molar-refractivity contribution < 1.29 is 0 Å². The van der Waals surface area contributed by atoms with Gasteiger partial charge in [0.05, 0.1) is 0 Å². The smallest absolute Gasteiger partial charge is 0.0170 e. The fourth-order valence-electron chi connectivity index (χ4n) is 5.38. The van der Waals surface area contributed by atoms with Gasteiger partial charge in [0.2, 0.25) is 0 Å². The molecule has 86 valence electrons. The molecule has 0 aromatic heterocycles. The van der Waals surface area contributed by atoms with E-state index in [0.717, 1.165) is 46.8 Å². The van der Waals surface area contributed by atoms with Gasteiger partial charge >= 0.3 is 0 Å². The molecule has 3 fully saturated rings. The minimum absolute atomic E-state index is 0.883. The molecule has 0 saturated heterocycles. The van der Waals surface area contributed by atoms with E-state index in [2.05, 4.69) is 34.6 Å². The first-order valence-electron chi connectivity index (χ1n) is 7.02. The standard InChI is InChI=1S/C15H26/c1-8(2)6-7-12-11(5)15(12)13-9(3)10(4)14(13)15/h8-14H,6-7H2,1-5H3. The molecule has 0 N–H and O–H groups in total. The van der Waals surface area contributed by atoms with Crippen molar-refractivity contribution in [3.8, 4) is 0 Å². The van der Waals surface area contributed by atoms with Crippen molar-refractivity contribution >= 4 is 0 Å². The zero-order valence-corrected chi connectivity index (χ0v) is 11.0. The molecule has 15 heavy (non-hydrogen) atoms. The van der Waals surface area contributed by atoms with Crippen LogP contribution >= 0.6 is 0 Å². The van der Waals surface area contributed by atoms with Crippen LogP contribution in [0.4, 0.5) is 0 Å². The molecule has 1 spiro atoms. The average Bonchev–Trinajstić information content (AvgIpc) is 3.00. The summed E-state index contributed by atoms with van der Waals surface area (Å²) in [7, 11) is 0. The van der Waals surface area contributed by atoms with Gasteiger partial charge in [0.1, 0.15) is 0 Å². The molecular formula is C15H26. The Balaban J connectivity index is 1.63. The third kappa shape index (κ3) is 0.996. The lowest BCUT2D eigenvalue weighted by molar-refractivity contribution is 0.195. The molecule has 0 aliphatic heterocycles. The summed E-state index contributed by atoms with van der Waals surface area (Å²) in [5, 5.41) is 0. The van der Waals surface area contributed by atoms with Crippen LogP contribution in [0.2, 0.25) is 0 Å². The first-order chi connectivity index (χ1) is 7.02. The van der Waals surface area contributed by atoms with Crippen LogP contribution < -0.4 is 0 Å². The first-order valence-corrected chi connectivity index (χ1v) is 7.02. The topological polar surface area (TPSA) is 0 Å². The summed E-state index contributed by atoms with van der Waals surface area (Å²) in [5.41, 5.74) is 0.883. The van der Waals surface area contributed by atoms with Crippen molar-refractivity contribution in [2.45, 2.75) is 47.5 Å². The number of rotatable bonds is 3. The van der Waals surface area contributed by atoms with Crippen molar-refractivity contribution in [3.05, 3.63) is 0 Å². The zero-order valence-electron chi connectivity index (χ0n) is 11.0. The lowest BCUT2D eigenvalue weighted by Crippen LogP contribution is -2.23. The predicted octanol–water partition coefficient (Wildman–Crippen LogP) is 4.21. The van der Waals surface area contributed by atoms with Gasteiger partial charge in [-0.1, -0.05) is 41.0 Å². The molecular weight excluding hydrogens is 180 g/mol. The molecule has 0 nitrogen and oxygen atoms in total. The maximum Gasteiger partial charge on any atom is -0.0170 e. The van der Waals surface area contributed by atoms with Crippen LogP contribution in [-0.2, 0) is 0 Å². The molecule has 0 aromatic rings. The molecule has 3 rings (SSSR count). The van der Waals surface area contributed by atoms with Crippen LogP contribution in [0.25, 0.3) is 0 Å². The van der Waals surface area contributed by atoms with E-state index < -0.39 is 0 Å². The van der Waals surface area contributed by atoms with Gasteiger partial charge in [-0.3, -0.25) is 0 Å². The maximum atomic E-state index is 2.53. The molecule has 3 aliphatic rings. The molecule has 0 heterocycles. The summed E-state index contributed by atoms with van der Waals surface area (Å²) < 4.78 is 0. The van der Waals surface area contributed by atoms with Crippen LogP contribution in [0, 0.1) is 46.8 Å². The van der Waals surface area contributed by atoms with Crippen molar-refractivity contribution in [1.29, 1.82) is 0 Å². The number of hydrogen-bond acceptors (Lipinski definition) is 0. The van der Waals surface area contributed by atoms with Crippen molar-refractivity contribution in [2.75, 3.05) is 0 Å². The molecule has 3 saturated carbocycles. The Bertz CT molecular complexity index is 264. The monoisotopic (exact) mass is 206 g/mol. The number of fused-ring (bicyclic) bond motifs is 3. The van der Waals surface area contributed by atoms with Gasteiger partial charge in [-0.05, 0) is 53.3 Å². The Kier molecular flexibility index (Phi) is 1.91. The van der Waals surface area contributed by atoms with Gasteiger partial charge in [0.15, 0.2) is 0 Å². The highest BCUT2D eigenvalue weighted by molar-refractivity contribution is 5.34. The van der Waals surface area contributed by atoms with Crippen molar-refractivity contribution in [2.24, 2.45) is 46.8 Å². The second-order valence-electron chi connectivity index (χ2n) is 7.14. The number of hydrogen-bond donors (Lipinski definition) is 0. The van der Waals surface area contributed by atoms with Gasteiger partial charge in [-0.15, -0.1) is 0 Å². The molecule has 0 heteroatoms. The summed E-state index contributed by atoms with van der Waals surface area (Å²) in [6.07, 6.45) is 2.98. The Hall–Kier alpha value is 0. The van der Waals surface area contributed by atoms with Crippen LogP contribution in [-0.4, -0.2) is 0 Å². The lowest BCUT2D eigenvalue weighted by Gasteiger charge is -2.28. The normalized spacial score (nSPS) is 60.4. The highest BCUT2D eigenvalue weighted by Gasteiger charge is 2.88. The van der Waals surface area contributed by atoms with E-state index in [4.69, 9.17) is 0 Å². The summed E-state index contributed by atoms with van der Waals surface area (Å²) >= 11 is 0. The molecule has 0 amide bonds. The Morgan fingerprint density at radius 3 is 2.00 bits per heavy atom. The second-order valence-corrected chi connectivity index (χ2v) is 7.14. The third-order valence-corrected chi connectivity index (χ3v) is 6.38. The summed E-state index contributed by atoms with van der Waals surface area (Å²) in [4.78, 5) is 0. The minimum atomic E-state index is 0.883. The maximum absolute atomic E-state index is 2.53. The van der Waals surface area contributed by atoms with Gasteiger partial charge < -0.3 is 0 Å². The van der Waals surface area contributed by atoms with Crippen molar-refractivity contribution in [1.82, 2.24) is 0 Å². The van der Waals surface area contributed by atoms with E-state index in [0.29, 0.717) is 0 Å². The summed E-state index contributed by atoms with van der Waals surface area (Å²) in [6.45, 7) is 12.2. The second kappa shape index (κ2) is 2.81. The largest absolute Gasteiger partial charge is 0.0628 e. The van der Waals surface area contributed by atoms with Gasteiger partial charge in [0, 0.05) is 0 Å². The lowest BCUT2D eigenvalue weighted by atomic mass is 9.77.